The third-order valence-corrected chi connectivity index (χ3v) is 12.7. The number of carbonyl (C=O) groups is 1. The van der Waals surface area contributed by atoms with Gasteiger partial charge in [-0.3, -0.25) is 4.79 Å². The van der Waals surface area contributed by atoms with E-state index < -0.39 is 30.2 Å². The molecule has 0 fully saturated rings. The quantitative estimate of drug-likeness (QED) is 0.444. The molecular formula is C19H29NO5S2Si. The molecule has 1 heterocycles. The van der Waals surface area contributed by atoms with Gasteiger partial charge in [-0.15, -0.1) is 11.3 Å². The summed E-state index contributed by atoms with van der Waals surface area (Å²) in [6.45, 7) is 12.3. The fourth-order valence-electron chi connectivity index (χ4n) is 2.43. The van der Waals surface area contributed by atoms with Crippen molar-refractivity contribution in [3.05, 3.63) is 24.3 Å². The lowest BCUT2D eigenvalue weighted by atomic mass is 10.2. The zero-order valence-corrected chi connectivity index (χ0v) is 19.9. The number of thiazole rings is 1. The number of aromatic nitrogens is 1. The first-order valence-corrected chi connectivity index (χ1v) is 14.6. The SMILES string of the molecule is CCOC(=O)C[C@@H](CS(=O)(=O)c1nc2ccccc2s1)O[Si](C)(C)C(C)(C)C. The molecule has 0 aliphatic rings. The van der Waals surface area contributed by atoms with E-state index in [9.17, 15) is 13.2 Å². The minimum Gasteiger partial charge on any atom is -0.466 e. The molecular weight excluding hydrogens is 414 g/mol. The largest absolute Gasteiger partial charge is 0.466 e. The van der Waals surface area contributed by atoms with E-state index in [4.69, 9.17) is 9.16 Å². The molecule has 0 unspecified atom stereocenters. The number of hydrogen-bond donors (Lipinski definition) is 0. The third-order valence-electron chi connectivity index (χ3n) is 4.91. The molecule has 2 rings (SSSR count). The van der Waals surface area contributed by atoms with Gasteiger partial charge in [-0.25, -0.2) is 13.4 Å². The Morgan fingerprint density at radius 1 is 1.25 bits per heavy atom. The molecule has 6 nitrogen and oxygen atoms in total. The maximum atomic E-state index is 13.0. The summed E-state index contributed by atoms with van der Waals surface area (Å²) >= 11 is 1.14. The summed E-state index contributed by atoms with van der Waals surface area (Å²) in [5.41, 5.74) is 0.651. The lowest BCUT2D eigenvalue weighted by Crippen LogP contribution is -2.46. The van der Waals surface area contributed by atoms with Crippen LogP contribution < -0.4 is 0 Å². The molecule has 0 aliphatic heterocycles. The van der Waals surface area contributed by atoms with Gasteiger partial charge in [0.15, 0.2) is 8.32 Å². The number of benzene rings is 1. The highest BCUT2D eigenvalue weighted by Gasteiger charge is 2.41. The van der Waals surface area contributed by atoms with Gasteiger partial charge in [0.1, 0.15) is 0 Å². The van der Waals surface area contributed by atoms with Crippen molar-refractivity contribution in [3.63, 3.8) is 0 Å². The average molecular weight is 444 g/mol. The lowest BCUT2D eigenvalue weighted by molar-refractivity contribution is -0.144. The summed E-state index contributed by atoms with van der Waals surface area (Å²) in [5, 5.41) is -0.112. The Hall–Kier alpha value is -1.29. The van der Waals surface area contributed by atoms with Gasteiger partial charge in [0, 0.05) is 0 Å². The van der Waals surface area contributed by atoms with Crippen molar-refractivity contribution in [3.8, 4) is 0 Å². The van der Waals surface area contributed by atoms with Crippen molar-refractivity contribution >= 4 is 45.7 Å². The second-order valence-corrected chi connectivity index (χ2v) is 16.2. The molecule has 28 heavy (non-hydrogen) atoms. The molecule has 156 valence electrons. The first-order valence-electron chi connectivity index (χ1n) is 9.27. The highest BCUT2D eigenvalue weighted by Crippen LogP contribution is 2.38. The van der Waals surface area contributed by atoms with E-state index in [0.29, 0.717) is 5.52 Å². The molecule has 1 aromatic heterocycles. The fraction of sp³-hybridized carbons (Fsp3) is 0.579. The van der Waals surface area contributed by atoms with Crippen LogP contribution in [0.4, 0.5) is 0 Å². The van der Waals surface area contributed by atoms with E-state index in [1.54, 1.807) is 13.0 Å². The molecule has 0 saturated heterocycles. The summed E-state index contributed by atoms with van der Waals surface area (Å²) in [5.74, 6) is -0.747. The van der Waals surface area contributed by atoms with Crippen LogP contribution in [0.2, 0.25) is 18.1 Å². The van der Waals surface area contributed by atoms with Crippen molar-refractivity contribution in [2.45, 2.75) is 62.7 Å². The van der Waals surface area contributed by atoms with Crippen LogP contribution in [0.15, 0.2) is 28.6 Å². The normalized spacial score (nSPS) is 14.2. The van der Waals surface area contributed by atoms with Crippen LogP contribution in [0, 0.1) is 0 Å². The molecule has 0 amide bonds. The minimum absolute atomic E-state index is 0.0568. The zero-order chi connectivity index (χ0) is 21.2. The second kappa shape index (κ2) is 8.60. The Morgan fingerprint density at radius 3 is 2.46 bits per heavy atom. The standard InChI is InChI=1S/C19H29NO5S2Si/c1-7-24-17(21)12-14(25-28(5,6)19(2,3)4)13-27(22,23)18-20-15-10-8-9-11-16(15)26-18/h8-11,14H,7,12-13H2,1-6H3/t14-/m0/s1. The van der Waals surface area contributed by atoms with Gasteiger partial charge >= 0.3 is 5.97 Å². The molecule has 0 radical (unpaired) electrons. The van der Waals surface area contributed by atoms with Crippen molar-refractivity contribution in [2.24, 2.45) is 0 Å². The van der Waals surface area contributed by atoms with Gasteiger partial charge in [-0.2, -0.15) is 0 Å². The number of nitrogens with zero attached hydrogens (tertiary/aromatic N) is 1. The lowest BCUT2D eigenvalue weighted by Gasteiger charge is -2.39. The number of carbonyl (C=O) groups excluding carboxylic acids is 1. The van der Waals surface area contributed by atoms with Crippen molar-refractivity contribution < 1.29 is 22.4 Å². The number of ether oxygens (including phenoxy) is 1. The van der Waals surface area contributed by atoms with Gasteiger partial charge < -0.3 is 9.16 Å². The summed E-state index contributed by atoms with van der Waals surface area (Å²) < 4.78 is 38.2. The molecule has 0 N–H and O–H groups in total. The maximum Gasteiger partial charge on any atom is 0.308 e. The van der Waals surface area contributed by atoms with E-state index in [0.717, 1.165) is 16.0 Å². The smallest absolute Gasteiger partial charge is 0.308 e. The summed E-state index contributed by atoms with van der Waals surface area (Å²) in [7, 11) is -5.98. The Labute approximate surface area is 172 Å². The Balaban J connectivity index is 2.30. The first kappa shape index (κ1) is 23.0. The first-order chi connectivity index (χ1) is 12.9. The molecule has 9 heteroatoms. The predicted octanol–water partition coefficient (Wildman–Crippen LogP) is 4.41. The van der Waals surface area contributed by atoms with Crippen molar-refractivity contribution in [2.75, 3.05) is 12.4 Å². The van der Waals surface area contributed by atoms with Crippen LogP contribution in [0.5, 0.6) is 0 Å². The molecule has 0 bridgehead atoms. The van der Waals surface area contributed by atoms with E-state index in [1.165, 1.54) is 0 Å². The van der Waals surface area contributed by atoms with Crippen LogP contribution in [0.1, 0.15) is 34.1 Å². The number of sulfone groups is 1. The maximum absolute atomic E-state index is 13.0. The van der Waals surface area contributed by atoms with Gasteiger partial charge in [-0.05, 0) is 37.2 Å². The Bertz CT molecular complexity index is 898. The summed E-state index contributed by atoms with van der Waals surface area (Å²) in [6.07, 6.45) is -0.859. The van der Waals surface area contributed by atoms with E-state index in [2.05, 4.69) is 25.8 Å². The highest BCUT2D eigenvalue weighted by molar-refractivity contribution is 7.93. The van der Waals surface area contributed by atoms with E-state index >= 15 is 0 Å². The monoisotopic (exact) mass is 443 g/mol. The van der Waals surface area contributed by atoms with Gasteiger partial charge in [0.05, 0.1) is 35.1 Å². The molecule has 0 aliphatic carbocycles. The molecule has 0 spiro atoms. The topological polar surface area (TPSA) is 82.6 Å². The van der Waals surface area contributed by atoms with E-state index in [-0.39, 0.29) is 28.2 Å². The Kier molecular flexibility index (Phi) is 7.06. The predicted molar refractivity (Wildman–Crippen MR) is 115 cm³/mol. The van der Waals surface area contributed by atoms with Gasteiger partial charge in [0.25, 0.3) is 0 Å². The molecule has 1 aromatic carbocycles. The number of hydrogen-bond acceptors (Lipinski definition) is 7. The van der Waals surface area contributed by atoms with E-state index in [1.807, 2.05) is 31.3 Å². The Morgan fingerprint density at radius 2 is 1.89 bits per heavy atom. The van der Waals surface area contributed by atoms with Crippen LogP contribution in [-0.2, 0) is 23.8 Å². The molecule has 1 atom stereocenters. The van der Waals surface area contributed by atoms with Gasteiger partial charge in [-0.1, -0.05) is 32.9 Å². The highest BCUT2D eigenvalue weighted by atomic mass is 32.2. The number of esters is 1. The van der Waals surface area contributed by atoms with Crippen molar-refractivity contribution in [1.82, 2.24) is 4.98 Å². The minimum atomic E-state index is -3.70. The van der Waals surface area contributed by atoms with Crippen LogP contribution >= 0.6 is 11.3 Å². The number of para-hydroxylation sites is 1. The average Bonchev–Trinajstić information content (AvgIpc) is 2.98. The molecule has 0 saturated carbocycles. The van der Waals surface area contributed by atoms with Crippen LogP contribution in [0.25, 0.3) is 10.2 Å². The number of rotatable bonds is 8. The van der Waals surface area contributed by atoms with Crippen LogP contribution in [0.3, 0.4) is 0 Å². The third kappa shape index (κ3) is 5.62. The molecule has 2 aromatic rings. The summed E-state index contributed by atoms with van der Waals surface area (Å²) in [4.78, 5) is 16.3. The van der Waals surface area contributed by atoms with Crippen molar-refractivity contribution in [1.29, 1.82) is 0 Å². The fourth-order valence-corrected chi connectivity index (χ4v) is 6.64. The number of fused-ring (bicyclic) bond motifs is 1. The van der Waals surface area contributed by atoms with Crippen LogP contribution in [-0.4, -0.2) is 46.2 Å². The second-order valence-electron chi connectivity index (χ2n) is 8.24. The summed E-state index contributed by atoms with van der Waals surface area (Å²) in [6, 6.07) is 7.30. The van der Waals surface area contributed by atoms with Gasteiger partial charge in [0.2, 0.25) is 14.2 Å². The zero-order valence-electron chi connectivity index (χ0n) is 17.3.